The smallest absolute Gasteiger partial charge is 0.265 e. The Hall–Kier alpha value is -2.34. The number of ether oxygens (including phenoxy) is 1. The van der Waals surface area contributed by atoms with Crippen molar-refractivity contribution in [2.24, 2.45) is 0 Å². The molecule has 122 valence electrons. The summed E-state index contributed by atoms with van der Waals surface area (Å²) in [5.74, 6) is -0.0751. The van der Waals surface area contributed by atoms with Gasteiger partial charge in [-0.3, -0.25) is 4.79 Å². The predicted octanol–water partition coefficient (Wildman–Crippen LogP) is 2.82. The van der Waals surface area contributed by atoms with Crippen LogP contribution in [-0.4, -0.2) is 20.9 Å². The maximum Gasteiger partial charge on any atom is 0.265 e. The average molecular weight is 333 g/mol. The molecule has 2 rings (SSSR count). The lowest BCUT2D eigenvalue weighted by atomic mass is 10.1. The van der Waals surface area contributed by atoms with Crippen LogP contribution in [0.25, 0.3) is 0 Å². The van der Waals surface area contributed by atoms with Gasteiger partial charge in [0.1, 0.15) is 5.75 Å². The summed E-state index contributed by atoms with van der Waals surface area (Å²) in [6.45, 7) is 6.13. The van der Waals surface area contributed by atoms with E-state index < -0.39 is 15.9 Å². The van der Waals surface area contributed by atoms with Crippen LogP contribution in [-0.2, 0) is 10.0 Å². The largest absolute Gasteiger partial charge is 0.494 e. The van der Waals surface area contributed by atoms with Crippen LogP contribution < -0.4 is 9.46 Å². The molecule has 0 heterocycles. The molecule has 0 aliphatic heterocycles. The Balaban J connectivity index is 2.19. The van der Waals surface area contributed by atoms with Gasteiger partial charge >= 0.3 is 0 Å². The van der Waals surface area contributed by atoms with E-state index in [0.29, 0.717) is 17.9 Å². The second-order valence-electron chi connectivity index (χ2n) is 5.14. The van der Waals surface area contributed by atoms with Crippen LogP contribution in [0.15, 0.2) is 47.4 Å². The Labute approximate surface area is 136 Å². The number of carbonyl (C=O) groups excluding carboxylic acids is 1. The number of benzene rings is 2. The minimum Gasteiger partial charge on any atom is -0.494 e. The summed E-state index contributed by atoms with van der Waals surface area (Å²) in [5.41, 5.74) is 2.27. The van der Waals surface area contributed by atoms with Crippen LogP contribution in [0, 0.1) is 13.8 Å². The highest BCUT2D eigenvalue weighted by molar-refractivity contribution is 7.90. The van der Waals surface area contributed by atoms with E-state index in [0.717, 1.165) is 11.1 Å². The van der Waals surface area contributed by atoms with Crippen molar-refractivity contribution in [1.82, 2.24) is 4.72 Å². The summed E-state index contributed by atoms with van der Waals surface area (Å²) in [5, 5.41) is 0. The molecule has 2 aromatic rings. The second-order valence-corrected chi connectivity index (χ2v) is 6.82. The molecule has 0 aliphatic carbocycles. The maximum absolute atomic E-state index is 12.3. The van der Waals surface area contributed by atoms with Crippen molar-refractivity contribution in [2.75, 3.05) is 6.61 Å². The van der Waals surface area contributed by atoms with E-state index in [1.165, 1.54) is 12.1 Å². The van der Waals surface area contributed by atoms with Gasteiger partial charge in [0.2, 0.25) is 0 Å². The molecule has 0 saturated carbocycles. The van der Waals surface area contributed by atoms with Crippen molar-refractivity contribution in [2.45, 2.75) is 25.7 Å². The number of carbonyl (C=O) groups is 1. The molecule has 2 aromatic carbocycles. The van der Waals surface area contributed by atoms with E-state index in [9.17, 15) is 13.2 Å². The quantitative estimate of drug-likeness (QED) is 0.913. The van der Waals surface area contributed by atoms with Crippen LogP contribution in [0.4, 0.5) is 0 Å². The van der Waals surface area contributed by atoms with Crippen LogP contribution in [0.2, 0.25) is 0 Å². The molecule has 1 N–H and O–H groups in total. The van der Waals surface area contributed by atoms with Gasteiger partial charge in [-0.15, -0.1) is 0 Å². The van der Waals surface area contributed by atoms with E-state index in [2.05, 4.69) is 4.72 Å². The fraction of sp³-hybridized carbons (Fsp3) is 0.235. The van der Waals surface area contributed by atoms with Gasteiger partial charge in [-0.05, 0) is 68.3 Å². The molecule has 1 amide bonds. The second kappa shape index (κ2) is 6.83. The van der Waals surface area contributed by atoms with Gasteiger partial charge in [-0.2, -0.15) is 0 Å². The molecule has 0 radical (unpaired) electrons. The summed E-state index contributed by atoms with van der Waals surface area (Å²) in [6.07, 6.45) is 0. The third-order valence-corrected chi connectivity index (χ3v) is 4.79. The summed E-state index contributed by atoms with van der Waals surface area (Å²) in [6, 6.07) is 11.0. The van der Waals surface area contributed by atoms with Gasteiger partial charge in [-0.1, -0.05) is 6.07 Å². The molecule has 0 unspecified atom stereocenters. The third kappa shape index (κ3) is 4.10. The topological polar surface area (TPSA) is 72.5 Å². The van der Waals surface area contributed by atoms with E-state index >= 15 is 0 Å². The minimum absolute atomic E-state index is 0.0122. The number of hydrogen-bond donors (Lipinski definition) is 1. The van der Waals surface area contributed by atoms with E-state index in [1.807, 2.05) is 20.8 Å². The van der Waals surface area contributed by atoms with Crippen molar-refractivity contribution in [3.05, 3.63) is 59.2 Å². The molecular formula is C17H19NO4S. The fourth-order valence-corrected chi connectivity index (χ4v) is 2.98. The molecule has 23 heavy (non-hydrogen) atoms. The predicted molar refractivity (Wildman–Crippen MR) is 88.2 cm³/mol. The Kier molecular flexibility index (Phi) is 5.05. The van der Waals surface area contributed by atoms with Gasteiger partial charge in [0.05, 0.1) is 11.5 Å². The number of hydrogen-bond acceptors (Lipinski definition) is 4. The lowest BCUT2D eigenvalue weighted by molar-refractivity contribution is 0.0981. The number of sulfonamides is 1. The molecule has 5 nitrogen and oxygen atoms in total. The maximum atomic E-state index is 12.3. The summed E-state index contributed by atoms with van der Waals surface area (Å²) in [4.78, 5) is 12.2. The van der Waals surface area contributed by atoms with Gasteiger partial charge in [0.15, 0.2) is 0 Å². The van der Waals surface area contributed by atoms with Crippen LogP contribution in [0.3, 0.4) is 0 Å². The Morgan fingerprint density at radius 1 is 1.04 bits per heavy atom. The zero-order valence-corrected chi connectivity index (χ0v) is 14.1. The monoisotopic (exact) mass is 333 g/mol. The standard InChI is InChI=1S/C17H19NO4S/c1-4-22-15-7-9-16(10-8-15)23(20,21)18-17(19)14-6-5-12(2)13(3)11-14/h5-11H,4H2,1-3H3,(H,18,19). The Morgan fingerprint density at radius 2 is 1.70 bits per heavy atom. The van der Waals surface area contributed by atoms with Crippen LogP contribution >= 0.6 is 0 Å². The summed E-state index contributed by atoms with van der Waals surface area (Å²) >= 11 is 0. The first kappa shape index (κ1) is 17.0. The van der Waals surface area contributed by atoms with Crippen molar-refractivity contribution in [3.63, 3.8) is 0 Å². The summed E-state index contributed by atoms with van der Waals surface area (Å²) in [7, 11) is -3.92. The van der Waals surface area contributed by atoms with Crippen LogP contribution in [0.1, 0.15) is 28.4 Å². The highest BCUT2D eigenvalue weighted by Crippen LogP contribution is 2.16. The highest BCUT2D eigenvalue weighted by atomic mass is 32.2. The van der Waals surface area contributed by atoms with Gasteiger partial charge in [-0.25, -0.2) is 13.1 Å². The molecule has 6 heteroatoms. The zero-order chi connectivity index (χ0) is 17.0. The lowest BCUT2D eigenvalue weighted by Gasteiger charge is -2.09. The molecule has 0 atom stereocenters. The first-order valence-corrected chi connectivity index (χ1v) is 8.69. The van der Waals surface area contributed by atoms with Crippen molar-refractivity contribution in [1.29, 1.82) is 0 Å². The molecule has 0 spiro atoms. The van der Waals surface area contributed by atoms with Gasteiger partial charge < -0.3 is 4.74 Å². The molecule has 0 saturated heterocycles. The highest BCUT2D eigenvalue weighted by Gasteiger charge is 2.19. The van der Waals surface area contributed by atoms with E-state index in [1.54, 1.807) is 30.3 Å². The molecule has 0 bridgehead atoms. The van der Waals surface area contributed by atoms with Crippen molar-refractivity contribution >= 4 is 15.9 Å². The fourth-order valence-electron chi connectivity index (χ4n) is 2.00. The normalized spacial score (nSPS) is 11.1. The Bertz CT molecular complexity index is 811. The number of amides is 1. The minimum atomic E-state index is -3.92. The first-order valence-electron chi connectivity index (χ1n) is 7.21. The molecular weight excluding hydrogens is 314 g/mol. The van der Waals surface area contributed by atoms with Crippen molar-refractivity contribution < 1.29 is 17.9 Å². The molecule has 0 aliphatic rings. The van der Waals surface area contributed by atoms with E-state index in [4.69, 9.17) is 4.74 Å². The zero-order valence-electron chi connectivity index (χ0n) is 13.3. The number of rotatable bonds is 5. The van der Waals surface area contributed by atoms with Gasteiger partial charge in [0.25, 0.3) is 15.9 Å². The summed E-state index contributed by atoms with van der Waals surface area (Å²) < 4.78 is 31.9. The number of nitrogens with one attached hydrogen (secondary N) is 1. The molecule has 0 fully saturated rings. The van der Waals surface area contributed by atoms with Crippen molar-refractivity contribution in [3.8, 4) is 5.75 Å². The van der Waals surface area contributed by atoms with Gasteiger partial charge in [0, 0.05) is 5.56 Å². The number of aryl methyl sites for hydroxylation is 2. The lowest BCUT2D eigenvalue weighted by Crippen LogP contribution is -2.30. The van der Waals surface area contributed by atoms with E-state index in [-0.39, 0.29) is 4.90 Å². The first-order chi connectivity index (χ1) is 10.8. The SMILES string of the molecule is CCOc1ccc(S(=O)(=O)NC(=O)c2ccc(C)c(C)c2)cc1. The molecule has 0 aromatic heterocycles. The Morgan fingerprint density at radius 3 is 2.26 bits per heavy atom. The third-order valence-electron chi connectivity index (χ3n) is 3.44. The average Bonchev–Trinajstić information content (AvgIpc) is 2.50. The van der Waals surface area contributed by atoms with Crippen LogP contribution in [0.5, 0.6) is 5.75 Å².